The maximum absolute atomic E-state index is 12.5. The minimum atomic E-state index is -0.275. The summed E-state index contributed by atoms with van der Waals surface area (Å²) >= 11 is 5.28. The van der Waals surface area contributed by atoms with E-state index in [4.69, 9.17) is 21.7 Å². The lowest BCUT2D eigenvalue weighted by atomic mass is 10.2. The Morgan fingerprint density at radius 3 is 2.12 bits per heavy atom. The number of carbonyl (C=O) groups excluding carboxylic acids is 1. The average molecular weight is 463 g/mol. The maximum atomic E-state index is 12.5. The van der Waals surface area contributed by atoms with Crippen LogP contribution >= 0.6 is 12.2 Å². The summed E-state index contributed by atoms with van der Waals surface area (Å²) < 4.78 is 11.5. The molecule has 2 N–H and O–H groups in total. The number of nitrogens with one attached hydrogen (secondary N) is 2. The number of thiocarbonyl (C=S) groups is 1. The Bertz CT molecular complexity index is 1010. The number of hydrogen-bond donors (Lipinski definition) is 2. The number of benzene rings is 3. The van der Waals surface area contributed by atoms with Gasteiger partial charge in [-0.2, -0.15) is 0 Å². The fourth-order valence-corrected chi connectivity index (χ4v) is 3.38. The molecule has 0 aliphatic carbocycles. The van der Waals surface area contributed by atoms with E-state index < -0.39 is 0 Å². The zero-order chi connectivity index (χ0) is 23.3. The Morgan fingerprint density at radius 2 is 1.42 bits per heavy atom. The molecule has 0 unspecified atom stereocenters. The van der Waals surface area contributed by atoms with Gasteiger partial charge in [-0.3, -0.25) is 10.1 Å². The number of ether oxygens (including phenoxy) is 2. The van der Waals surface area contributed by atoms with Gasteiger partial charge in [-0.25, -0.2) is 0 Å². The smallest absolute Gasteiger partial charge is 0.257 e. The number of para-hydroxylation sites is 1. The number of hydrogen-bond acceptors (Lipinski definition) is 4. The van der Waals surface area contributed by atoms with E-state index in [1.807, 2.05) is 66.7 Å². The number of anilines is 1. The lowest BCUT2D eigenvalue weighted by Crippen LogP contribution is -2.34. The Morgan fingerprint density at radius 1 is 0.788 bits per heavy atom. The predicted molar refractivity (Wildman–Crippen MR) is 137 cm³/mol. The molecule has 6 heteroatoms. The first-order valence-corrected chi connectivity index (χ1v) is 11.7. The van der Waals surface area contributed by atoms with Gasteiger partial charge >= 0.3 is 0 Å². The van der Waals surface area contributed by atoms with Crippen molar-refractivity contribution >= 4 is 28.9 Å². The third-order valence-electron chi connectivity index (χ3n) is 4.95. The predicted octanol–water partition coefficient (Wildman–Crippen LogP) is 6.95. The average Bonchev–Trinajstić information content (AvgIpc) is 2.83. The van der Waals surface area contributed by atoms with Crippen molar-refractivity contribution < 1.29 is 14.3 Å². The molecule has 0 saturated heterocycles. The van der Waals surface area contributed by atoms with Gasteiger partial charge in [0.15, 0.2) is 5.11 Å². The molecule has 0 saturated carbocycles. The van der Waals surface area contributed by atoms with Crippen LogP contribution in [0.5, 0.6) is 17.2 Å². The lowest BCUT2D eigenvalue weighted by molar-refractivity contribution is 0.0977. The summed E-state index contributed by atoms with van der Waals surface area (Å²) in [5.74, 6) is 1.97. The van der Waals surface area contributed by atoms with Crippen LogP contribution in [0.25, 0.3) is 0 Å². The SMILES string of the molecule is CCCCCCCOc1ccc(C(=O)NC(=S)Nc2ccc(Oc3ccccc3)cc2)cc1. The molecule has 1 amide bonds. The second kappa shape index (κ2) is 13.2. The monoisotopic (exact) mass is 462 g/mol. The zero-order valence-electron chi connectivity index (χ0n) is 18.9. The maximum Gasteiger partial charge on any atom is 0.257 e. The molecule has 0 bridgehead atoms. The summed E-state index contributed by atoms with van der Waals surface area (Å²) in [5.41, 5.74) is 1.27. The third-order valence-corrected chi connectivity index (χ3v) is 5.16. The molecular formula is C27H30N2O3S. The van der Waals surface area contributed by atoms with E-state index in [-0.39, 0.29) is 11.0 Å². The molecule has 0 atom stereocenters. The first-order valence-electron chi connectivity index (χ1n) is 11.3. The summed E-state index contributed by atoms with van der Waals surface area (Å²) in [6.45, 7) is 2.90. The molecule has 33 heavy (non-hydrogen) atoms. The quantitative estimate of drug-likeness (QED) is 0.238. The third kappa shape index (κ3) is 8.58. The van der Waals surface area contributed by atoms with Gasteiger partial charge in [-0.1, -0.05) is 50.8 Å². The summed E-state index contributed by atoms with van der Waals surface area (Å²) in [5, 5.41) is 5.94. The molecule has 0 aliphatic heterocycles. The summed E-state index contributed by atoms with van der Waals surface area (Å²) in [6, 6.07) is 24.0. The van der Waals surface area contributed by atoms with Gasteiger partial charge in [0.05, 0.1) is 6.61 Å². The molecular weight excluding hydrogens is 432 g/mol. The molecule has 3 aromatic carbocycles. The van der Waals surface area contributed by atoms with E-state index in [1.165, 1.54) is 25.7 Å². The van der Waals surface area contributed by atoms with E-state index in [0.717, 1.165) is 23.6 Å². The molecule has 0 aromatic heterocycles. The van der Waals surface area contributed by atoms with E-state index in [9.17, 15) is 4.79 Å². The van der Waals surface area contributed by atoms with Crippen molar-refractivity contribution in [2.24, 2.45) is 0 Å². The van der Waals surface area contributed by atoms with Crippen molar-refractivity contribution in [3.05, 3.63) is 84.4 Å². The summed E-state index contributed by atoms with van der Waals surface area (Å²) in [6.07, 6.45) is 5.98. The minimum Gasteiger partial charge on any atom is -0.494 e. The summed E-state index contributed by atoms with van der Waals surface area (Å²) in [4.78, 5) is 12.5. The van der Waals surface area contributed by atoms with Crippen molar-refractivity contribution in [2.45, 2.75) is 39.0 Å². The van der Waals surface area contributed by atoms with E-state index in [0.29, 0.717) is 17.9 Å². The highest BCUT2D eigenvalue weighted by atomic mass is 32.1. The molecule has 5 nitrogen and oxygen atoms in total. The number of rotatable bonds is 11. The van der Waals surface area contributed by atoms with Crippen molar-refractivity contribution in [3.8, 4) is 17.2 Å². The fraction of sp³-hybridized carbons (Fsp3) is 0.259. The molecule has 3 rings (SSSR count). The van der Waals surface area contributed by atoms with Crippen LogP contribution in [0.15, 0.2) is 78.9 Å². The molecule has 0 aliphatic rings. The number of carbonyl (C=O) groups is 1. The van der Waals surface area contributed by atoms with Gasteiger partial charge in [0, 0.05) is 11.3 Å². The number of unbranched alkanes of at least 4 members (excludes halogenated alkanes) is 4. The first-order chi connectivity index (χ1) is 16.1. The molecule has 3 aromatic rings. The fourth-order valence-electron chi connectivity index (χ4n) is 3.17. The molecule has 0 heterocycles. The number of amides is 1. The van der Waals surface area contributed by atoms with Crippen LogP contribution in [0.3, 0.4) is 0 Å². The Labute approximate surface area is 201 Å². The first kappa shape index (κ1) is 24.3. The van der Waals surface area contributed by atoms with Crippen LogP contribution in [0.4, 0.5) is 5.69 Å². The molecule has 172 valence electrons. The van der Waals surface area contributed by atoms with Crippen molar-refractivity contribution in [1.29, 1.82) is 0 Å². The minimum absolute atomic E-state index is 0.226. The highest BCUT2D eigenvalue weighted by Gasteiger charge is 2.09. The molecule has 0 spiro atoms. The lowest BCUT2D eigenvalue weighted by Gasteiger charge is -2.11. The topological polar surface area (TPSA) is 59.6 Å². The Balaban J connectivity index is 1.42. The van der Waals surface area contributed by atoms with Crippen LogP contribution in [0.2, 0.25) is 0 Å². The largest absolute Gasteiger partial charge is 0.494 e. The highest BCUT2D eigenvalue weighted by Crippen LogP contribution is 2.22. The van der Waals surface area contributed by atoms with Crippen LogP contribution in [-0.2, 0) is 0 Å². The van der Waals surface area contributed by atoms with Crippen molar-refractivity contribution in [1.82, 2.24) is 5.32 Å². The van der Waals surface area contributed by atoms with Crippen LogP contribution in [0.1, 0.15) is 49.4 Å². The van der Waals surface area contributed by atoms with Gasteiger partial charge < -0.3 is 14.8 Å². The Kier molecular flexibility index (Phi) is 9.73. The van der Waals surface area contributed by atoms with Gasteiger partial charge in [-0.05, 0) is 79.3 Å². The second-order valence-electron chi connectivity index (χ2n) is 7.63. The Hall–Kier alpha value is -3.38. The normalized spacial score (nSPS) is 10.3. The van der Waals surface area contributed by atoms with E-state index >= 15 is 0 Å². The van der Waals surface area contributed by atoms with Crippen molar-refractivity contribution in [2.75, 3.05) is 11.9 Å². The van der Waals surface area contributed by atoms with Crippen LogP contribution in [-0.4, -0.2) is 17.6 Å². The zero-order valence-corrected chi connectivity index (χ0v) is 19.7. The summed E-state index contributed by atoms with van der Waals surface area (Å²) in [7, 11) is 0. The van der Waals surface area contributed by atoms with Gasteiger partial charge in [0.2, 0.25) is 0 Å². The standard InChI is InChI=1S/C27H30N2O3S/c1-2-3-4-5-9-20-31-23-16-12-21(13-17-23)26(30)29-27(33)28-22-14-18-25(19-15-22)32-24-10-7-6-8-11-24/h6-8,10-19H,2-5,9,20H2,1H3,(H2,28,29,30,33). The molecule has 0 radical (unpaired) electrons. The van der Waals surface area contributed by atoms with E-state index in [1.54, 1.807) is 12.1 Å². The highest BCUT2D eigenvalue weighted by molar-refractivity contribution is 7.80. The van der Waals surface area contributed by atoms with Crippen LogP contribution < -0.4 is 20.1 Å². The van der Waals surface area contributed by atoms with Gasteiger partial charge in [0.25, 0.3) is 5.91 Å². The van der Waals surface area contributed by atoms with Gasteiger partial charge in [-0.15, -0.1) is 0 Å². The van der Waals surface area contributed by atoms with Crippen molar-refractivity contribution in [3.63, 3.8) is 0 Å². The second-order valence-corrected chi connectivity index (χ2v) is 8.04. The van der Waals surface area contributed by atoms with E-state index in [2.05, 4.69) is 17.6 Å². The molecule has 0 fully saturated rings. The van der Waals surface area contributed by atoms with Crippen LogP contribution in [0, 0.1) is 0 Å². The van der Waals surface area contributed by atoms with Gasteiger partial charge in [0.1, 0.15) is 17.2 Å².